The third-order valence-corrected chi connectivity index (χ3v) is 3.26. The van der Waals surface area contributed by atoms with Gasteiger partial charge in [-0.2, -0.15) is 5.10 Å². The second kappa shape index (κ2) is 7.54. The molecule has 0 fully saturated rings. The lowest BCUT2D eigenvalue weighted by atomic mass is 10.1. The molecule has 1 heterocycles. The summed E-state index contributed by atoms with van der Waals surface area (Å²) in [7, 11) is 1.84. The number of carbonyl (C=O) groups excluding carboxylic acids is 1. The van der Waals surface area contributed by atoms with Crippen LogP contribution in [0.2, 0.25) is 0 Å². The first-order valence-corrected chi connectivity index (χ1v) is 7.01. The van der Waals surface area contributed by atoms with Crippen molar-refractivity contribution in [2.45, 2.75) is 20.0 Å². The largest absolute Gasteiger partial charge is 0.352 e. The van der Waals surface area contributed by atoms with E-state index in [1.807, 2.05) is 38.2 Å². The van der Waals surface area contributed by atoms with Crippen molar-refractivity contribution < 1.29 is 4.79 Å². The number of carbonyl (C=O) groups is 1. The lowest BCUT2D eigenvalue weighted by molar-refractivity contribution is -0.124. The van der Waals surface area contributed by atoms with Crippen molar-refractivity contribution in [1.29, 1.82) is 0 Å². The average molecular weight is 287 g/mol. The Hall–Kier alpha value is -2.21. The third kappa shape index (κ3) is 4.68. The normalized spacial score (nSPS) is 12.1. The molecule has 0 radical (unpaired) electrons. The number of amides is 1. The lowest BCUT2D eigenvalue weighted by Crippen LogP contribution is -2.33. The van der Waals surface area contributed by atoms with Crippen LogP contribution in [0.5, 0.6) is 0 Å². The summed E-state index contributed by atoms with van der Waals surface area (Å²) in [6, 6.07) is 8.13. The molecule has 1 amide bonds. The second-order valence-corrected chi connectivity index (χ2v) is 5.09. The molecule has 0 aliphatic carbocycles. The van der Waals surface area contributed by atoms with Gasteiger partial charge in [0, 0.05) is 19.0 Å². The molecule has 21 heavy (non-hydrogen) atoms. The van der Waals surface area contributed by atoms with Crippen LogP contribution in [0.3, 0.4) is 0 Å². The fourth-order valence-electron chi connectivity index (χ4n) is 2.03. The van der Waals surface area contributed by atoms with E-state index in [0.717, 1.165) is 11.1 Å². The van der Waals surface area contributed by atoms with Gasteiger partial charge in [0.15, 0.2) is 0 Å². The van der Waals surface area contributed by atoms with Gasteiger partial charge in [-0.05, 0) is 18.2 Å². The smallest absolute Gasteiger partial charge is 0.224 e. The fourth-order valence-corrected chi connectivity index (χ4v) is 2.03. The molecule has 1 aromatic heterocycles. The molecule has 0 saturated carbocycles. The summed E-state index contributed by atoms with van der Waals surface area (Å²) in [5.41, 5.74) is 2.24. The minimum absolute atomic E-state index is 0.0263. The van der Waals surface area contributed by atoms with Crippen LogP contribution in [0.15, 0.2) is 36.9 Å². The summed E-state index contributed by atoms with van der Waals surface area (Å²) in [5, 5.41) is 10.0. The minimum Gasteiger partial charge on any atom is -0.352 e. The van der Waals surface area contributed by atoms with E-state index in [1.165, 1.54) is 6.33 Å². The molecule has 2 rings (SSSR count). The van der Waals surface area contributed by atoms with Crippen molar-refractivity contribution in [2.75, 3.05) is 13.6 Å². The van der Waals surface area contributed by atoms with Gasteiger partial charge in [-0.1, -0.05) is 31.2 Å². The van der Waals surface area contributed by atoms with Crippen molar-refractivity contribution >= 4 is 5.91 Å². The highest BCUT2D eigenvalue weighted by Gasteiger charge is 2.10. The van der Waals surface area contributed by atoms with Gasteiger partial charge in [-0.15, -0.1) is 0 Å². The van der Waals surface area contributed by atoms with E-state index in [4.69, 9.17) is 0 Å². The summed E-state index contributed by atoms with van der Waals surface area (Å²) < 4.78 is 1.77. The molecular weight excluding hydrogens is 266 g/mol. The summed E-state index contributed by atoms with van der Waals surface area (Å²) >= 11 is 0. The number of hydrogen-bond acceptors (Lipinski definition) is 4. The van der Waals surface area contributed by atoms with E-state index >= 15 is 0 Å². The Kier molecular flexibility index (Phi) is 5.45. The maximum absolute atomic E-state index is 11.8. The molecule has 2 aromatic rings. The van der Waals surface area contributed by atoms with Crippen LogP contribution in [-0.4, -0.2) is 34.3 Å². The SMILES string of the molecule is CNCC(C)C(=O)NCc1ccc(Cn2cncn2)cc1. The number of aromatic nitrogens is 3. The number of rotatable bonds is 7. The van der Waals surface area contributed by atoms with Gasteiger partial charge < -0.3 is 10.6 Å². The summed E-state index contributed by atoms with van der Waals surface area (Å²) in [5.74, 6) is 0.0395. The zero-order valence-electron chi connectivity index (χ0n) is 12.4. The predicted octanol–water partition coefficient (Wildman–Crippen LogP) is 0.798. The van der Waals surface area contributed by atoms with Crippen LogP contribution >= 0.6 is 0 Å². The third-order valence-electron chi connectivity index (χ3n) is 3.26. The van der Waals surface area contributed by atoms with Crippen molar-refractivity contribution in [3.8, 4) is 0 Å². The van der Waals surface area contributed by atoms with E-state index in [2.05, 4.69) is 20.7 Å². The number of nitrogens with one attached hydrogen (secondary N) is 2. The Morgan fingerprint density at radius 2 is 2.00 bits per heavy atom. The first-order chi connectivity index (χ1) is 10.2. The van der Waals surface area contributed by atoms with Gasteiger partial charge in [-0.3, -0.25) is 4.79 Å². The molecule has 0 saturated heterocycles. The summed E-state index contributed by atoms with van der Waals surface area (Å²) in [6.45, 7) is 3.85. The summed E-state index contributed by atoms with van der Waals surface area (Å²) in [4.78, 5) is 15.7. The predicted molar refractivity (Wildman–Crippen MR) is 80.5 cm³/mol. The molecule has 0 bridgehead atoms. The van der Waals surface area contributed by atoms with Crippen LogP contribution in [-0.2, 0) is 17.9 Å². The molecule has 6 heteroatoms. The van der Waals surface area contributed by atoms with Gasteiger partial charge in [0.05, 0.1) is 6.54 Å². The summed E-state index contributed by atoms with van der Waals surface area (Å²) in [6.07, 6.45) is 3.22. The zero-order chi connectivity index (χ0) is 15.1. The Morgan fingerprint density at radius 3 is 2.62 bits per heavy atom. The van der Waals surface area contributed by atoms with E-state index in [-0.39, 0.29) is 11.8 Å². The Balaban J connectivity index is 1.83. The van der Waals surface area contributed by atoms with Crippen molar-refractivity contribution in [2.24, 2.45) is 5.92 Å². The van der Waals surface area contributed by atoms with Gasteiger partial charge in [0.25, 0.3) is 0 Å². The van der Waals surface area contributed by atoms with Crippen LogP contribution in [0.4, 0.5) is 0 Å². The molecule has 6 nitrogen and oxygen atoms in total. The van der Waals surface area contributed by atoms with Crippen molar-refractivity contribution in [3.63, 3.8) is 0 Å². The number of benzene rings is 1. The minimum atomic E-state index is -0.0263. The molecule has 0 aliphatic rings. The molecule has 0 aliphatic heterocycles. The van der Waals surface area contributed by atoms with E-state index < -0.39 is 0 Å². The van der Waals surface area contributed by atoms with Gasteiger partial charge >= 0.3 is 0 Å². The Labute approximate surface area is 124 Å². The Bertz CT molecular complexity index is 550. The molecule has 1 atom stereocenters. The van der Waals surface area contributed by atoms with Crippen LogP contribution in [0.25, 0.3) is 0 Å². The molecule has 1 unspecified atom stereocenters. The van der Waals surface area contributed by atoms with Crippen molar-refractivity contribution in [1.82, 2.24) is 25.4 Å². The van der Waals surface area contributed by atoms with Gasteiger partial charge in [0.2, 0.25) is 5.91 Å². The first-order valence-electron chi connectivity index (χ1n) is 7.01. The average Bonchev–Trinajstić information content (AvgIpc) is 2.99. The lowest BCUT2D eigenvalue weighted by Gasteiger charge is -2.11. The second-order valence-electron chi connectivity index (χ2n) is 5.09. The highest BCUT2D eigenvalue weighted by atomic mass is 16.1. The highest BCUT2D eigenvalue weighted by Crippen LogP contribution is 2.06. The molecule has 112 valence electrons. The molecular formula is C15H21N5O. The van der Waals surface area contributed by atoms with E-state index in [9.17, 15) is 4.79 Å². The van der Waals surface area contributed by atoms with Gasteiger partial charge in [0.1, 0.15) is 12.7 Å². The van der Waals surface area contributed by atoms with Gasteiger partial charge in [-0.25, -0.2) is 9.67 Å². The highest BCUT2D eigenvalue weighted by molar-refractivity contribution is 5.78. The maximum atomic E-state index is 11.8. The zero-order valence-corrected chi connectivity index (χ0v) is 12.4. The Morgan fingerprint density at radius 1 is 1.29 bits per heavy atom. The fraction of sp³-hybridized carbons (Fsp3) is 0.400. The monoisotopic (exact) mass is 287 g/mol. The van der Waals surface area contributed by atoms with Crippen LogP contribution in [0.1, 0.15) is 18.1 Å². The topological polar surface area (TPSA) is 71.8 Å². The molecule has 2 N–H and O–H groups in total. The molecule has 0 spiro atoms. The number of hydrogen-bond donors (Lipinski definition) is 2. The van der Waals surface area contributed by atoms with Crippen LogP contribution < -0.4 is 10.6 Å². The maximum Gasteiger partial charge on any atom is 0.224 e. The first kappa shape index (κ1) is 15.2. The standard InChI is InChI=1S/C15H21N5O/c1-12(7-16-2)15(21)18-8-13-3-5-14(6-4-13)9-20-11-17-10-19-20/h3-6,10-12,16H,7-9H2,1-2H3,(H,18,21). The molecule has 1 aromatic carbocycles. The van der Waals surface area contributed by atoms with E-state index in [1.54, 1.807) is 11.0 Å². The number of nitrogens with zero attached hydrogens (tertiary/aromatic N) is 3. The van der Waals surface area contributed by atoms with Crippen LogP contribution in [0, 0.1) is 5.92 Å². The quantitative estimate of drug-likeness (QED) is 0.790. The van der Waals surface area contributed by atoms with E-state index in [0.29, 0.717) is 19.6 Å². The van der Waals surface area contributed by atoms with Crippen molar-refractivity contribution in [3.05, 3.63) is 48.0 Å².